The topological polar surface area (TPSA) is 108 Å². The molecule has 0 saturated heterocycles. The van der Waals surface area contributed by atoms with Gasteiger partial charge >= 0.3 is 0 Å². The Kier molecular flexibility index (Phi) is 6.96. The van der Waals surface area contributed by atoms with Crippen molar-refractivity contribution < 1.29 is 19.6 Å². The second kappa shape index (κ2) is 8.99. The lowest BCUT2D eigenvalue weighted by Crippen LogP contribution is -2.34. The molecule has 4 N–H and O–H groups in total. The molecule has 1 heterocycles. The SMILES string of the molecule is Cc1cc(C(=O)NCCCCCCC(=O)NO)cc2c1NC(=O)CC2(C)C. The minimum atomic E-state index is -0.370. The van der Waals surface area contributed by atoms with Gasteiger partial charge in [-0.2, -0.15) is 0 Å². The zero-order chi connectivity index (χ0) is 20.0. The zero-order valence-electron chi connectivity index (χ0n) is 16.3. The van der Waals surface area contributed by atoms with Crippen LogP contribution in [0.15, 0.2) is 12.1 Å². The highest BCUT2D eigenvalue weighted by atomic mass is 16.5. The number of rotatable bonds is 8. The van der Waals surface area contributed by atoms with Crippen molar-refractivity contribution in [3.63, 3.8) is 0 Å². The molecule has 0 spiro atoms. The van der Waals surface area contributed by atoms with Crippen LogP contribution in [-0.4, -0.2) is 29.5 Å². The fourth-order valence-corrected chi connectivity index (χ4v) is 3.42. The van der Waals surface area contributed by atoms with Gasteiger partial charge in [0.05, 0.1) is 0 Å². The molecule has 2 rings (SSSR count). The highest BCUT2D eigenvalue weighted by Crippen LogP contribution is 2.39. The average molecular weight is 375 g/mol. The molecular weight excluding hydrogens is 346 g/mol. The number of amides is 3. The summed E-state index contributed by atoms with van der Waals surface area (Å²) in [6.45, 7) is 6.51. The maximum absolute atomic E-state index is 12.5. The average Bonchev–Trinajstić information content (AvgIpc) is 2.60. The number of carbonyl (C=O) groups excluding carboxylic acids is 3. The van der Waals surface area contributed by atoms with Crippen LogP contribution in [0.25, 0.3) is 0 Å². The quantitative estimate of drug-likeness (QED) is 0.318. The lowest BCUT2D eigenvalue weighted by Gasteiger charge is -2.33. The predicted molar refractivity (Wildman–Crippen MR) is 103 cm³/mol. The van der Waals surface area contributed by atoms with Crippen LogP contribution in [0, 0.1) is 6.92 Å². The number of nitrogens with one attached hydrogen (secondary N) is 3. The number of fused-ring (bicyclic) bond motifs is 1. The van der Waals surface area contributed by atoms with Crippen LogP contribution in [0.5, 0.6) is 0 Å². The van der Waals surface area contributed by atoms with Crippen molar-refractivity contribution in [2.45, 2.75) is 64.7 Å². The van der Waals surface area contributed by atoms with E-state index < -0.39 is 0 Å². The van der Waals surface area contributed by atoms with Crippen molar-refractivity contribution in [3.05, 3.63) is 28.8 Å². The fourth-order valence-electron chi connectivity index (χ4n) is 3.42. The first-order valence-corrected chi connectivity index (χ1v) is 9.40. The number of hydroxylamine groups is 1. The van der Waals surface area contributed by atoms with Crippen LogP contribution >= 0.6 is 0 Å². The van der Waals surface area contributed by atoms with Crippen LogP contribution in [0.3, 0.4) is 0 Å². The van der Waals surface area contributed by atoms with Crippen LogP contribution < -0.4 is 16.1 Å². The molecule has 1 aromatic carbocycles. The number of hydrogen-bond acceptors (Lipinski definition) is 4. The van der Waals surface area contributed by atoms with E-state index in [0.717, 1.165) is 36.1 Å². The normalized spacial score (nSPS) is 14.9. The Morgan fingerprint density at radius 3 is 2.59 bits per heavy atom. The molecule has 7 nitrogen and oxygen atoms in total. The third-order valence-corrected chi connectivity index (χ3v) is 4.93. The first-order valence-electron chi connectivity index (χ1n) is 9.40. The summed E-state index contributed by atoms with van der Waals surface area (Å²) < 4.78 is 0. The summed E-state index contributed by atoms with van der Waals surface area (Å²) in [7, 11) is 0. The van der Waals surface area contributed by atoms with Gasteiger partial charge in [0, 0.05) is 36.1 Å². The van der Waals surface area contributed by atoms with Crippen LogP contribution in [-0.2, 0) is 15.0 Å². The van der Waals surface area contributed by atoms with Crippen molar-refractivity contribution in [3.8, 4) is 0 Å². The van der Waals surface area contributed by atoms with Crippen molar-refractivity contribution in [2.24, 2.45) is 0 Å². The summed E-state index contributed by atoms with van der Waals surface area (Å²) in [5, 5.41) is 14.3. The van der Waals surface area contributed by atoms with E-state index in [2.05, 4.69) is 10.6 Å². The van der Waals surface area contributed by atoms with Gasteiger partial charge in [0.2, 0.25) is 11.8 Å². The summed E-state index contributed by atoms with van der Waals surface area (Å²) in [6.07, 6.45) is 4.03. The molecule has 0 atom stereocenters. The summed E-state index contributed by atoms with van der Waals surface area (Å²) in [5.74, 6) is -0.484. The lowest BCUT2D eigenvalue weighted by atomic mass is 9.76. The van der Waals surface area contributed by atoms with Crippen molar-refractivity contribution in [1.29, 1.82) is 0 Å². The maximum atomic E-state index is 12.5. The molecule has 0 aliphatic carbocycles. The van der Waals surface area contributed by atoms with Crippen LogP contribution in [0.4, 0.5) is 5.69 Å². The van der Waals surface area contributed by atoms with E-state index in [1.54, 1.807) is 5.48 Å². The van der Waals surface area contributed by atoms with Gasteiger partial charge < -0.3 is 10.6 Å². The van der Waals surface area contributed by atoms with Gasteiger partial charge in [0.1, 0.15) is 0 Å². The molecule has 0 saturated carbocycles. The van der Waals surface area contributed by atoms with E-state index in [0.29, 0.717) is 31.4 Å². The molecule has 0 unspecified atom stereocenters. The Hall–Kier alpha value is -2.41. The number of aryl methyl sites for hydroxylation is 1. The molecule has 1 aliphatic heterocycles. The second-order valence-electron chi connectivity index (χ2n) is 7.78. The van der Waals surface area contributed by atoms with Gasteiger partial charge in [-0.3, -0.25) is 19.6 Å². The minimum absolute atomic E-state index is 0.00395. The molecule has 1 aliphatic rings. The van der Waals surface area contributed by atoms with E-state index in [9.17, 15) is 14.4 Å². The Morgan fingerprint density at radius 2 is 1.89 bits per heavy atom. The van der Waals surface area contributed by atoms with Crippen molar-refractivity contribution >= 4 is 23.4 Å². The number of carbonyl (C=O) groups is 3. The predicted octanol–water partition coefficient (Wildman–Crippen LogP) is 2.80. The van der Waals surface area contributed by atoms with Gasteiger partial charge in [0.25, 0.3) is 5.91 Å². The smallest absolute Gasteiger partial charge is 0.251 e. The Morgan fingerprint density at radius 1 is 1.19 bits per heavy atom. The summed E-state index contributed by atoms with van der Waals surface area (Å²) >= 11 is 0. The molecule has 7 heteroatoms. The first-order chi connectivity index (χ1) is 12.7. The molecule has 3 amide bonds. The molecule has 0 fully saturated rings. The monoisotopic (exact) mass is 375 g/mol. The molecule has 148 valence electrons. The molecular formula is C20H29N3O4. The van der Waals surface area contributed by atoms with Crippen LogP contribution in [0.1, 0.15) is 73.9 Å². The fraction of sp³-hybridized carbons (Fsp3) is 0.550. The highest BCUT2D eigenvalue weighted by molar-refractivity contribution is 5.99. The number of anilines is 1. The van der Waals surface area contributed by atoms with Gasteiger partial charge in [-0.05, 0) is 43.0 Å². The van der Waals surface area contributed by atoms with Crippen molar-refractivity contribution in [2.75, 3.05) is 11.9 Å². The molecule has 0 bridgehead atoms. The third-order valence-electron chi connectivity index (χ3n) is 4.93. The number of hydrogen-bond donors (Lipinski definition) is 4. The molecule has 0 aromatic heterocycles. The molecule has 1 aromatic rings. The summed E-state index contributed by atoms with van der Waals surface area (Å²) in [4.78, 5) is 35.3. The van der Waals surface area contributed by atoms with E-state index in [1.807, 2.05) is 32.9 Å². The summed E-state index contributed by atoms with van der Waals surface area (Å²) in [5.41, 5.74) is 4.62. The first kappa shape index (κ1) is 20.9. The van der Waals surface area contributed by atoms with Crippen molar-refractivity contribution in [1.82, 2.24) is 10.8 Å². The number of benzene rings is 1. The molecule has 0 radical (unpaired) electrons. The van der Waals surface area contributed by atoms with Gasteiger partial charge in [-0.25, -0.2) is 5.48 Å². The Bertz CT molecular complexity index is 728. The van der Waals surface area contributed by atoms with Gasteiger partial charge in [-0.1, -0.05) is 26.7 Å². The van der Waals surface area contributed by atoms with Gasteiger partial charge in [-0.15, -0.1) is 0 Å². The lowest BCUT2D eigenvalue weighted by molar-refractivity contribution is -0.129. The van der Waals surface area contributed by atoms with Gasteiger partial charge in [0.15, 0.2) is 0 Å². The number of unbranched alkanes of at least 4 members (excludes halogenated alkanes) is 3. The van der Waals surface area contributed by atoms with Crippen LogP contribution in [0.2, 0.25) is 0 Å². The maximum Gasteiger partial charge on any atom is 0.251 e. The summed E-state index contributed by atoms with van der Waals surface area (Å²) in [6, 6.07) is 3.69. The van der Waals surface area contributed by atoms with E-state index in [-0.39, 0.29) is 23.1 Å². The largest absolute Gasteiger partial charge is 0.352 e. The van der Waals surface area contributed by atoms with E-state index >= 15 is 0 Å². The van der Waals surface area contributed by atoms with E-state index in [4.69, 9.17) is 5.21 Å². The second-order valence-corrected chi connectivity index (χ2v) is 7.78. The third kappa shape index (κ3) is 5.53. The standard InChI is InChI=1S/C20H29N3O4/c1-13-10-14(11-15-18(13)22-17(25)12-20(15,2)3)19(26)21-9-7-5-4-6-8-16(24)23-27/h10-11,27H,4-9,12H2,1-3H3,(H,21,26)(H,22,25)(H,23,24). The Labute approximate surface area is 159 Å². The minimum Gasteiger partial charge on any atom is -0.352 e. The van der Waals surface area contributed by atoms with E-state index in [1.165, 1.54) is 0 Å². The Balaban J connectivity index is 1.88. The molecule has 27 heavy (non-hydrogen) atoms. The highest BCUT2D eigenvalue weighted by Gasteiger charge is 2.33. The zero-order valence-corrected chi connectivity index (χ0v) is 16.3.